The molecular formula is C27H41N3O7. The molecule has 0 radical (unpaired) electrons. The molecule has 1 aromatic rings. The SMILES string of the molecule is COC(=O)NCCCc1cc(C(C)N(C(=O)[C@H]2CN(C(=O)OC(C)(C)C)CCO2)C2CC2)ccc1OC. The summed E-state index contributed by atoms with van der Waals surface area (Å²) < 4.78 is 21.5. The number of benzene rings is 1. The molecule has 2 atom stereocenters. The molecule has 1 N–H and O–H groups in total. The van der Waals surface area contributed by atoms with Crippen LogP contribution in [0.5, 0.6) is 5.75 Å². The number of morpholine rings is 1. The number of nitrogens with zero attached hydrogens (tertiary/aromatic N) is 2. The number of methoxy groups -OCH3 is 2. The van der Waals surface area contributed by atoms with Crippen molar-refractivity contribution in [3.63, 3.8) is 0 Å². The van der Waals surface area contributed by atoms with Crippen molar-refractivity contribution < 1.29 is 33.3 Å². The lowest BCUT2D eigenvalue weighted by atomic mass is 9.99. The van der Waals surface area contributed by atoms with Crippen LogP contribution in [-0.4, -0.2) is 86.1 Å². The van der Waals surface area contributed by atoms with Crippen LogP contribution in [0.25, 0.3) is 0 Å². The van der Waals surface area contributed by atoms with E-state index in [9.17, 15) is 14.4 Å². The lowest BCUT2D eigenvalue weighted by Crippen LogP contribution is -2.54. The number of nitrogens with one attached hydrogen (secondary N) is 1. The highest BCUT2D eigenvalue weighted by Crippen LogP contribution is 2.37. The Morgan fingerprint density at radius 3 is 2.57 bits per heavy atom. The first-order chi connectivity index (χ1) is 17.5. The fraction of sp³-hybridized carbons (Fsp3) is 0.667. The number of hydrogen-bond acceptors (Lipinski definition) is 7. The van der Waals surface area contributed by atoms with Crippen molar-refractivity contribution in [3.05, 3.63) is 29.3 Å². The molecule has 1 aliphatic heterocycles. The molecule has 1 saturated carbocycles. The van der Waals surface area contributed by atoms with Crippen LogP contribution < -0.4 is 10.1 Å². The van der Waals surface area contributed by atoms with Gasteiger partial charge in [0, 0.05) is 19.1 Å². The summed E-state index contributed by atoms with van der Waals surface area (Å²) in [6.07, 6.45) is 1.68. The van der Waals surface area contributed by atoms with Gasteiger partial charge in [0.15, 0.2) is 6.10 Å². The number of alkyl carbamates (subject to hydrolysis) is 1. The summed E-state index contributed by atoms with van der Waals surface area (Å²) in [4.78, 5) is 41.1. The Balaban J connectivity index is 1.71. The average Bonchev–Trinajstić information content (AvgIpc) is 3.70. The lowest BCUT2D eigenvalue weighted by molar-refractivity contribution is -0.151. The zero-order valence-electron chi connectivity index (χ0n) is 22.9. The number of rotatable bonds is 9. The number of carbonyl (C=O) groups is 3. The summed E-state index contributed by atoms with van der Waals surface area (Å²) in [6, 6.07) is 5.94. The van der Waals surface area contributed by atoms with E-state index in [1.807, 2.05) is 44.7 Å². The number of amides is 3. The fourth-order valence-electron chi connectivity index (χ4n) is 4.45. The van der Waals surface area contributed by atoms with Crippen molar-refractivity contribution in [1.82, 2.24) is 15.1 Å². The molecule has 37 heavy (non-hydrogen) atoms. The Bertz CT molecular complexity index is 958. The molecule has 3 amide bonds. The van der Waals surface area contributed by atoms with Crippen molar-refractivity contribution in [2.75, 3.05) is 40.5 Å². The van der Waals surface area contributed by atoms with E-state index in [2.05, 4.69) is 16.1 Å². The van der Waals surface area contributed by atoms with E-state index in [1.54, 1.807) is 12.0 Å². The van der Waals surface area contributed by atoms with Gasteiger partial charge in [0.2, 0.25) is 0 Å². The zero-order chi connectivity index (χ0) is 27.2. The van der Waals surface area contributed by atoms with Gasteiger partial charge in [-0.15, -0.1) is 0 Å². The minimum Gasteiger partial charge on any atom is -0.496 e. The first-order valence-corrected chi connectivity index (χ1v) is 12.9. The largest absolute Gasteiger partial charge is 0.496 e. The second-order valence-electron chi connectivity index (χ2n) is 10.5. The highest BCUT2D eigenvalue weighted by Gasteiger charge is 2.42. The summed E-state index contributed by atoms with van der Waals surface area (Å²) in [6.45, 7) is 8.82. The van der Waals surface area contributed by atoms with Gasteiger partial charge < -0.3 is 34.1 Å². The lowest BCUT2D eigenvalue weighted by Gasteiger charge is -2.38. The van der Waals surface area contributed by atoms with Crippen molar-refractivity contribution >= 4 is 18.1 Å². The van der Waals surface area contributed by atoms with Gasteiger partial charge >= 0.3 is 12.2 Å². The molecule has 1 heterocycles. The van der Waals surface area contributed by atoms with Gasteiger partial charge in [-0.1, -0.05) is 12.1 Å². The van der Waals surface area contributed by atoms with E-state index in [-0.39, 0.29) is 31.1 Å². The molecule has 1 saturated heterocycles. The first-order valence-electron chi connectivity index (χ1n) is 12.9. The molecule has 3 rings (SSSR count). The number of carbonyl (C=O) groups excluding carboxylic acids is 3. The molecule has 206 valence electrons. The van der Waals surface area contributed by atoms with Crippen LogP contribution in [-0.2, 0) is 25.4 Å². The monoisotopic (exact) mass is 519 g/mol. The molecule has 2 aliphatic rings. The third kappa shape index (κ3) is 7.99. The van der Waals surface area contributed by atoms with Gasteiger partial charge in [-0.25, -0.2) is 9.59 Å². The minimum atomic E-state index is -0.730. The van der Waals surface area contributed by atoms with Crippen molar-refractivity contribution in [1.29, 1.82) is 0 Å². The van der Waals surface area contributed by atoms with E-state index in [1.165, 1.54) is 7.11 Å². The third-order valence-corrected chi connectivity index (χ3v) is 6.47. The maximum Gasteiger partial charge on any atom is 0.410 e. The number of hydrogen-bond donors (Lipinski definition) is 1. The first kappa shape index (κ1) is 28.6. The van der Waals surface area contributed by atoms with Gasteiger partial charge in [-0.2, -0.15) is 0 Å². The number of ether oxygens (including phenoxy) is 4. The molecule has 10 heteroatoms. The Morgan fingerprint density at radius 1 is 1.22 bits per heavy atom. The Morgan fingerprint density at radius 2 is 1.95 bits per heavy atom. The van der Waals surface area contributed by atoms with Crippen molar-refractivity contribution in [3.8, 4) is 5.75 Å². The predicted molar refractivity (Wildman–Crippen MR) is 138 cm³/mol. The molecule has 1 unspecified atom stereocenters. The van der Waals surface area contributed by atoms with Crippen molar-refractivity contribution in [2.24, 2.45) is 0 Å². The second-order valence-corrected chi connectivity index (χ2v) is 10.5. The van der Waals surface area contributed by atoms with E-state index in [0.717, 1.165) is 29.7 Å². The van der Waals surface area contributed by atoms with Crippen LogP contribution in [0, 0.1) is 0 Å². The average molecular weight is 520 g/mol. The second kappa shape index (κ2) is 12.5. The van der Waals surface area contributed by atoms with Crippen LogP contribution in [0.2, 0.25) is 0 Å². The quantitative estimate of drug-likeness (QED) is 0.496. The molecule has 1 aromatic carbocycles. The summed E-state index contributed by atoms with van der Waals surface area (Å²) in [5.41, 5.74) is 1.40. The predicted octanol–water partition coefficient (Wildman–Crippen LogP) is 3.67. The van der Waals surface area contributed by atoms with Crippen LogP contribution in [0.3, 0.4) is 0 Å². The topological polar surface area (TPSA) is 107 Å². The molecule has 0 bridgehead atoms. The summed E-state index contributed by atoms with van der Waals surface area (Å²) in [5, 5.41) is 2.69. The van der Waals surface area contributed by atoms with Gasteiger partial charge in [0.1, 0.15) is 11.4 Å². The molecule has 2 fully saturated rings. The standard InChI is InChI=1S/C27H41N3O7/c1-18(19-9-12-22(34-5)20(16-19)8-7-13-28-25(32)35-6)30(21-10-11-21)24(31)23-17-29(14-15-36-23)26(33)37-27(2,3)4/h9,12,16,18,21,23H,7-8,10-11,13-15,17H2,1-6H3,(H,28,32)/t18?,23-/m1/s1. The normalized spacial score (nSPS) is 18.5. The maximum atomic E-state index is 13.7. The Kier molecular flexibility index (Phi) is 9.64. The van der Waals surface area contributed by atoms with Crippen molar-refractivity contribution in [2.45, 2.75) is 77.2 Å². The fourth-order valence-corrected chi connectivity index (χ4v) is 4.45. The van der Waals surface area contributed by atoms with E-state index >= 15 is 0 Å². The van der Waals surface area contributed by atoms with Crippen LogP contribution in [0.1, 0.15) is 64.1 Å². The van der Waals surface area contributed by atoms with Gasteiger partial charge in [-0.3, -0.25) is 4.79 Å². The highest BCUT2D eigenvalue weighted by molar-refractivity contribution is 5.83. The summed E-state index contributed by atoms with van der Waals surface area (Å²) in [5.74, 6) is 0.657. The highest BCUT2D eigenvalue weighted by atomic mass is 16.6. The zero-order valence-corrected chi connectivity index (χ0v) is 22.9. The summed E-state index contributed by atoms with van der Waals surface area (Å²) in [7, 11) is 2.97. The van der Waals surface area contributed by atoms with Crippen LogP contribution >= 0.6 is 0 Å². The Hall–Kier alpha value is -3.01. The Labute approximate surface area is 219 Å². The van der Waals surface area contributed by atoms with Crippen LogP contribution in [0.4, 0.5) is 9.59 Å². The van der Waals surface area contributed by atoms with Crippen LogP contribution in [0.15, 0.2) is 18.2 Å². The maximum absolute atomic E-state index is 13.7. The molecule has 1 aliphatic carbocycles. The molecule has 0 aromatic heterocycles. The van der Waals surface area contributed by atoms with Gasteiger partial charge in [0.25, 0.3) is 5.91 Å². The minimum absolute atomic E-state index is 0.108. The molecular weight excluding hydrogens is 478 g/mol. The molecule has 10 nitrogen and oxygen atoms in total. The van der Waals surface area contributed by atoms with Gasteiger partial charge in [-0.05, 0) is 70.6 Å². The van der Waals surface area contributed by atoms with E-state index < -0.39 is 23.9 Å². The smallest absolute Gasteiger partial charge is 0.410 e. The van der Waals surface area contributed by atoms with E-state index in [4.69, 9.17) is 14.2 Å². The van der Waals surface area contributed by atoms with E-state index in [0.29, 0.717) is 25.9 Å². The van der Waals surface area contributed by atoms with Gasteiger partial charge in [0.05, 0.1) is 33.4 Å². The molecule has 0 spiro atoms. The third-order valence-electron chi connectivity index (χ3n) is 6.47. The summed E-state index contributed by atoms with van der Waals surface area (Å²) >= 11 is 0. The number of aryl methyl sites for hydroxylation is 1.